The molecular formula is C22H27Cl2OSiZr. The maximum Gasteiger partial charge on any atom is -1.00 e. The molecule has 1 aromatic rings. The molecule has 143 valence electrons. The molecular weight excluding hydrogens is 470 g/mol. The van der Waals surface area contributed by atoms with E-state index in [1.165, 1.54) is 61.4 Å². The number of rotatable bonds is 5. The fraction of sp³-hybridized carbons (Fsp3) is 0.364. The molecule has 1 aromatic carbocycles. The molecule has 0 radical (unpaired) electrons. The Morgan fingerprint density at radius 3 is 2.37 bits per heavy atom. The predicted molar refractivity (Wildman–Crippen MR) is 106 cm³/mol. The van der Waals surface area contributed by atoms with Gasteiger partial charge in [-0.05, 0) is 0 Å². The van der Waals surface area contributed by atoms with Crippen LogP contribution >= 0.6 is 0 Å². The molecule has 5 heteroatoms. The molecule has 1 nitrogen and oxygen atoms in total. The first-order valence-electron chi connectivity index (χ1n) is 9.11. The fourth-order valence-corrected chi connectivity index (χ4v) is 6.44. The van der Waals surface area contributed by atoms with E-state index in [1.54, 1.807) is 0 Å². The summed E-state index contributed by atoms with van der Waals surface area (Å²) in [5.41, 5.74) is 8.71. The standard InChI is InChI=1S/C22H27OSi.2ClH.Zr/c1-6-19-20-12-8-7-10-18(20)15-22(19)21-13-9-11-17(21)14-16(2)23-24(3,4)5;;;/h6-12,16H,13-14H2,1-5H3;2*1H;/q;;;+2/p-2. The Balaban J connectivity index is 0.00000182. The van der Waals surface area contributed by atoms with E-state index >= 15 is 0 Å². The Bertz CT molecular complexity index is 816. The van der Waals surface area contributed by atoms with Crippen LogP contribution in [0.25, 0.3) is 8.85 Å². The van der Waals surface area contributed by atoms with Gasteiger partial charge in [0, 0.05) is 0 Å². The minimum Gasteiger partial charge on any atom is -1.00 e. The first-order valence-corrected chi connectivity index (χ1v) is 13.7. The molecule has 0 spiro atoms. The van der Waals surface area contributed by atoms with Gasteiger partial charge in [-0.25, -0.2) is 0 Å². The molecule has 1 atom stereocenters. The van der Waals surface area contributed by atoms with Crippen LogP contribution in [0.15, 0.2) is 59.2 Å². The van der Waals surface area contributed by atoms with Gasteiger partial charge < -0.3 is 24.8 Å². The average molecular weight is 498 g/mol. The van der Waals surface area contributed by atoms with Gasteiger partial charge in [-0.2, -0.15) is 0 Å². The fourth-order valence-electron chi connectivity index (χ4n) is 3.91. The molecule has 27 heavy (non-hydrogen) atoms. The van der Waals surface area contributed by atoms with Crippen LogP contribution in [0.2, 0.25) is 19.6 Å². The molecule has 0 amide bonds. The number of benzene rings is 1. The molecule has 1 unspecified atom stereocenters. The first-order chi connectivity index (χ1) is 11.8. The Labute approximate surface area is 192 Å². The zero-order valence-corrected chi connectivity index (χ0v) is 21.7. The second-order valence-electron chi connectivity index (χ2n) is 7.85. The monoisotopic (exact) mass is 495 g/mol. The van der Waals surface area contributed by atoms with Crippen molar-refractivity contribution in [1.29, 1.82) is 0 Å². The Morgan fingerprint density at radius 2 is 1.78 bits per heavy atom. The van der Waals surface area contributed by atoms with E-state index in [0.29, 0.717) is 0 Å². The van der Waals surface area contributed by atoms with E-state index in [4.69, 9.17) is 4.43 Å². The summed E-state index contributed by atoms with van der Waals surface area (Å²) in [5.74, 6) is 0. The number of hydrogen-bond acceptors (Lipinski definition) is 1. The molecule has 0 saturated carbocycles. The molecule has 0 N–H and O–H groups in total. The van der Waals surface area contributed by atoms with Gasteiger partial charge in [0.15, 0.2) is 0 Å². The van der Waals surface area contributed by atoms with Gasteiger partial charge >= 0.3 is 169 Å². The summed E-state index contributed by atoms with van der Waals surface area (Å²) in [6.45, 7) is 11.2. The van der Waals surface area contributed by atoms with Crippen molar-refractivity contribution in [3.63, 3.8) is 0 Å². The van der Waals surface area contributed by atoms with Crippen molar-refractivity contribution in [2.75, 3.05) is 0 Å². The summed E-state index contributed by atoms with van der Waals surface area (Å²) in [6, 6.07) is 8.85. The zero-order valence-electron chi connectivity index (χ0n) is 16.7. The van der Waals surface area contributed by atoms with Gasteiger partial charge in [0.1, 0.15) is 0 Å². The third kappa shape index (κ3) is 5.46. The summed E-state index contributed by atoms with van der Waals surface area (Å²) < 4.78 is 7.80. The van der Waals surface area contributed by atoms with Gasteiger partial charge in [0.2, 0.25) is 0 Å². The average Bonchev–Trinajstić information content (AvgIpc) is 3.08. The SMILES string of the molecule is CC=C1C(C2=C(CC(C)O[Si](C)(C)C)C=CC2)=[C]([Zr+2])c2ccccc21.[Cl-].[Cl-]. The van der Waals surface area contributed by atoms with Gasteiger partial charge in [0.05, 0.1) is 0 Å². The summed E-state index contributed by atoms with van der Waals surface area (Å²) in [6.07, 6.45) is 9.27. The zero-order chi connectivity index (χ0) is 18.2. The molecule has 0 fully saturated rings. The van der Waals surface area contributed by atoms with E-state index in [2.05, 4.69) is 76.0 Å². The summed E-state index contributed by atoms with van der Waals surface area (Å²) >= 11 is 1.50. The predicted octanol–water partition coefficient (Wildman–Crippen LogP) is 0.256. The van der Waals surface area contributed by atoms with E-state index < -0.39 is 8.32 Å². The van der Waals surface area contributed by atoms with Crippen LogP contribution in [0.4, 0.5) is 0 Å². The Hall–Kier alpha value is -0.180. The normalized spacial score (nSPS) is 18.6. The van der Waals surface area contributed by atoms with Gasteiger partial charge in [-0.1, -0.05) is 0 Å². The molecule has 2 aliphatic carbocycles. The van der Waals surface area contributed by atoms with Crippen molar-refractivity contribution in [2.24, 2.45) is 0 Å². The minimum atomic E-state index is -1.50. The molecule has 0 saturated heterocycles. The van der Waals surface area contributed by atoms with E-state index in [-0.39, 0.29) is 30.9 Å². The summed E-state index contributed by atoms with van der Waals surface area (Å²) in [7, 11) is -1.50. The molecule has 0 aliphatic heterocycles. The molecule has 0 bridgehead atoms. The van der Waals surface area contributed by atoms with Crippen molar-refractivity contribution in [3.05, 3.63) is 70.3 Å². The minimum absolute atomic E-state index is 0. The topological polar surface area (TPSA) is 9.23 Å². The maximum absolute atomic E-state index is 6.30. The second kappa shape index (κ2) is 10.0. The van der Waals surface area contributed by atoms with E-state index in [9.17, 15) is 0 Å². The van der Waals surface area contributed by atoms with Crippen LogP contribution in [0.5, 0.6) is 0 Å². The van der Waals surface area contributed by atoms with Gasteiger partial charge in [-0.3, -0.25) is 0 Å². The van der Waals surface area contributed by atoms with Crippen LogP contribution in [-0.4, -0.2) is 14.4 Å². The van der Waals surface area contributed by atoms with Crippen LogP contribution < -0.4 is 24.8 Å². The third-order valence-electron chi connectivity index (χ3n) is 4.69. The summed E-state index contributed by atoms with van der Waals surface area (Å²) in [4.78, 5) is 0. The first kappa shape index (κ1) is 24.9. The van der Waals surface area contributed by atoms with Crippen LogP contribution in [0, 0.1) is 0 Å². The molecule has 0 heterocycles. The smallest absolute Gasteiger partial charge is 1.00 e. The van der Waals surface area contributed by atoms with Crippen molar-refractivity contribution in [1.82, 2.24) is 0 Å². The van der Waals surface area contributed by atoms with Crippen molar-refractivity contribution < 1.29 is 54.0 Å². The van der Waals surface area contributed by atoms with Crippen molar-refractivity contribution >= 4 is 17.2 Å². The molecule has 0 aromatic heterocycles. The van der Waals surface area contributed by atoms with Crippen LogP contribution in [-0.2, 0) is 29.1 Å². The largest absolute Gasteiger partial charge is 1.00 e. The van der Waals surface area contributed by atoms with E-state index in [1.807, 2.05) is 0 Å². The van der Waals surface area contributed by atoms with Crippen LogP contribution in [0.1, 0.15) is 37.8 Å². The Kier molecular flexibility index (Phi) is 9.24. The summed E-state index contributed by atoms with van der Waals surface area (Å²) in [5, 5.41) is 0. The second-order valence-corrected chi connectivity index (χ2v) is 13.5. The van der Waals surface area contributed by atoms with Gasteiger partial charge in [-0.15, -0.1) is 0 Å². The Morgan fingerprint density at radius 1 is 1.15 bits per heavy atom. The van der Waals surface area contributed by atoms with Crippen LogP contribution in [0.3, 0.4) is 0 Å². The number of halogens is 2. The quantitative estimate of drug-likeness (QED) is 0.531. The van der Waals surface area contributed by atoms with Gasteiger partial charge in [0.25, 0.3) is 0 Å². The van der Waals surface area contributed by atoms with Crippen molar-refractivity contribution in [3.8, 4) is 0 Å². The number of allylic oxidation sites excluding steroid dienone is 6. The number of fused-ring (bicyclic) bond motifs is 1. The third-order valence-corrected chi connectivity index (χ3v) is 7.07. The van der Waals surface area contributed by atoms with Crippen molar-refractivity contribution in [2.45, 2.75) is 52.4 Å². The van der Waals surface area contributed by atoms with E-state index in [0.717, 1.165) is 12.8 Å². The number of hydrogen-bond donors (Lipinski definition) is 0. The maximum atomic E-state index is 6.30. The molecule has 3 rings (SSSR count). The molecule has 2 aliphatic rings.